The second-order valence-corrected chi connectivity index (χ2v) is 3.61. The van der Waals surface area contributed by atoms with Crippen molar-refractivity contribution in [3.05, 3.63) is 0 Å². The summed E-state index contributed by atoms with van der Waals surface area (Å²) in [5, 5.41) is 8.96. The summed E-state index contributed by atoms with van der Waals surface area (Å²) in [5.41, 5.74) is 0. The molecule has 0 radical (unpaired) electrons. The van der Waals surface area contributed by atoms with Crippen LogP contribution in [0.2, 0.25) is 0 Å². The lowest BCUT2D eigenvalue weighted by Crippen LogP contribution is -2.49. The van der Waals surface area contributed by atoms with Gasteiger partial charge < -0.3 is 4.90 Å². The number of hydrogen-bond acceptors (Lipinski definition) is 3. The van der Waals surface area contributed by atoms with Crippen LogP contribution in [0.4, 0.5) is 0 Å². The molecule has 1 heterocycles. The summed E-state index contributed by atoms with van der Waals surface area (Å²) in [6.07, 6.45) is 2.85. The van der Waals surface area contributed by atoms with Gasteiger partial charge in [0, 0.05) is 26.2 Å². The minimum absolute atomic E-state index is 0.0359. The van der Waals surface area contributed by atoms with Gasteiger partial charge in [0.25, 0.3) is 0 Å². The Morgan fingerprint density at radius 3 is 2.50 bits per heavy atom. The second-order valence-electron chi connectivity index (χ2n) is 3.61. The van der Waals surface area contributed by atoms with Crippen molar-refractivity contribution in [2.45, 2.75) is 25.8 Å². The molecule has 1 atom stereocenters. The Morgan fingerprint density at radius 1 is 1.43 bits per heavy atom. The summed E-state index contributed by atoms with van der Waals surface area (Å²) < 4.78 is 0. The average Bonchev–Trinajstić information content (AvgIpc) is 2.26. The lowest BCUT2D eigenvalue weighted by molar-refractivity contribution is -0.119. The molecule has 1 amide bonds. The number of amides is 1. The number of rotatable bonds is 4. The standard InChI is InChI=1S/C10H17N3O/c1-2-3-10(8-11)13-6-4-12(9-14)5-7-13/h9-10H,2-7H2,1H3. The molecular formula is C10H17N3O. The highest BCUT2D eigenvalue weighted by Gasteiger charge is 2.21. The average molecular weight is 195 g/mol. The Bertz CT molecular complexity index is 216. The van der Waals surface area contributed by atoms with Gasteiger partial charge in [-0.1, -0.05) is 13.3 Å². The highest BCUT2D eigenvalue weighted by atomic mass is 16.1. The zero-order chi connectivity index (χ0) is 10.4. The Balaban J connectivity index is 2.39. The summed E-state index contributed by atoms with van der Waals surface area (Å²) in [6.45, 7) is 5.26. The first-order chi connectivity index (χ1) is 6.81. The molecule has 78 valence electrons. The van der Waals surface area contributed by atoms with Gasteiger partial charge in [-0.15, -0.1) is 0 Å². The van der Waals surface area contributed by atoms with Gasteiger partial charge in [-0.3, -0.25) is 9.69 Å². The molecule has 0 aromatic heterocycles. The molecule has 0 saturated carbocycles. The van der Waals surface area contributed by atoms with Crippen LogP contribution < -0.4 is 0 Å². The molecule has 1 rings (SSSR count). The SMILES string of the molecule is CCCC(C#N)N1CCN(C=O)CC1. The van der Waals surface area contributed by atoms with E-state index in [1.165, 1.54) is 0 Å². The molecule has 1 aliphatic rings. The largest absolute Gasteiger partial charge is 0.343 e. The molecular weight excluding hydrogens is 178 g/mol. The normalized spacial score (nSPS) is 20.1. The van der Waals surface area contributed by atoms with E-state index >= 15 is 0 Å². The molecule has 1 saturated heterocycles. The zero-order valence-corrected chi connectivity index (χ0v) is 8.65. The minimum Gasteiger partial charge on any atom is -0.343 e. The number of hydrogen-bond donors (Lipinski definition) is 0. The molecule has 0 aliphatic carbocycles. The van der Waals surface area contributed by atoms with E-state index in [9.17, 15) is 4.79 Å². The molecule has 0 bridgehead atoms. The van der Waals surface area contributed by atoms with Crippen molar-refractivity contribution in [2.75, 3.05) is 26.2 Å². The van der Waals surface area contributed by atoms with Gasteiger partial charge in [0.1, 0.15) is 0 Å². The number of piperazine rings is 1. The first kappa shape index (κ1) is 11.0. The number of nitriles is 1. The maximum atomic E-state index is 10.5. The summed E-state index contributed by atoms with van der Waals surface area (Å²) in [5.74, 6) is 0. The van der Waals surface area contributed by atoms with Crippen molar-refractivity contribution in [2.24, 2.45) is 0 Å². The fourth-order valence-corrected chi connectivity index (χ4v) is 1.76. The van der Waals surface area contributed by atoms with E-state index < -0.39 is 0 Å². The van der Waals surface area contributed by atoms with Gasteiger partial charge in [0.15, 0.2) is 0 Å². The maximum Gasteiger partial charge on any atom is 0.209 e. The third-order valence-electron chi connectivity index (χ3n) is 2.65. The fraction of sp³-hybridized carbons (Fsp3) is 0.800. The van der Waals surface area contributed by atoms with Crippen LogP contribution in [0.25, 0.3) is 0 Å². The fourth-order valence-electron chi connectivity index (χ4n) is 1.76. The molecule has 0 spiro atoms. The monoisotopic (exact) mass is 195 g/mol. The number of carbonyl (C=O) groups excluding carboxylic acids is 1. The van der Waals surface area contributed by atoms with E-state index in [2.05, 4.69) is 17.9 Å². The van der Waals surface area contributed by atoms with Crippen LogP contribution in [-0.4, -0.2) is 48.4 Å². The predicted octanol–water partition coefficient (Wildman–Crippen LogP) is 0.453. The van der Waals surface area contributed by atoms with E-state index in [-0.39, 0.29) is 6.04 Å². The molecule has 0 N–H and O–H groups in total. The molecule has 4 nitrogen and oxygen atoms in total. The lowest BCUT2D eigenvalue weighted by atomic mass is 10.1. The van der Waals surface area contributed by atoms with E-state index in [1.54, 1.807) is 4.90 Å². The Morgan fingerprint density at radius 2 is 2.07 bits per heavy atom. The second kappa shape index (κ2) is 5.61. The molecule has 1 aliphatic heterocycles. The maximum absolute atomic E-state index is 10.5. The van der Waals surface area contributed by atoms with Crippen molar-refractivity contribution in [1.82, 2.24) is 9.80 Å². The van der Waals surface area contributed by atoms with Crippen LogP contribution >= 0.6 is 0 Å². The van der Waals surface area contributed by atoms with Crippen molar-refractivity contribution in [1.29, 1.82) is 5.26 Å². The van der Waals surface area contributed by atoms with Crippen LogP contribution in [-0.2, 0) is 4.79 Å². The molecule has 0 aromatic rings. The smallest absolute Gasteiger partial charge is 0.209 e. The number of carbonyl (C=O) groups is 1. The summed E-state index contributed by atoms with van der Waals surface area (Å²) in [6, 6.07) is 2.36. The molecule has 0 aromatic carbocycles. The first-order valence-corrected chi connectivity index (χ1v) is 5.14. The Hall–Kier alpha value is -1.08. The Labute approximate surface area is 85.1 Å². The molecule has 1 unspecified atom stereocenters. The van der Waals surface area contributed by atoms with Crippen molar-refractivity contribution < 1.29 is 4.79 Å². The van der Waals surface area contributed by atoms with Gasteiger partial charge in [0.05, 0.1) is 12.1 Å². The predicted molar refractivity (Wildman–Crippen MR) is 53.5 cm³/mol. The van der Waals surface area contributed by atoms with Gasteiger partial charge in [-0.2, -0.15) is 5.26 Å². The first-order valence-electron chi connectivity index (χ1n) is 5.14. The third-order valence-corrected chi connectivity index (χ3v) is 2.65. The molecule has 1 fully saturated rings. The zero-order valence-electron chi connectivity index (χ0n) is 8.65. The topological polar surface area (TPSA) is 47.3 Å². The summed E-state index contributed by atoms with van der Waals surface area (Å²) in [4.78, 5) is 14.4. The van der Waals surface area contributed by atoms with Crippen molar-refractivity contribution in [3.8, 4) is 6.07 Å². The van der Waals surface area contributed by atoms with E-state index in [1.807, 2.05) is 0 Å². The van der Waals surface area contributed by atoms with Crippen LogP contribution in [0, 0.1) is 11.3 Å². The van der Waals surface area contributed by atoms with Gasteiger partial charge >= 0.3 is 0 Å². The van der Waals surface area contributed by atoms with E-state index in [4.69, 9.17) is 5.26 Å². The van der Waals surface area contributed by atoms with Crippen LogP contribution in [0.5, 0.6) is 0 Å². The van der Waals surface area contributed by atoms with Crippen molar-refractivity contribution >= 4 is 6.41 Å². The molecule has 14 heavy (non-hydrogen) atoms. The highest BCUT2D eigenvalue weighted by Crippen LogP contribution is 2.09. The lowest BCUT2D eigenvalue weighted by Gasteiger charge is -2.35. The quantitative estimate of drug-likeness (QED) is 0.612. The van der Waals surface area contributed by atoms with Crippen LogP contribution in [0.1, 0.15) is 19.8 Å². The van der Waals surface area contributed by atoms with Gasteiger partial charge in [0.2, 0.25) is 6.41 Å². The molecule has 4 heteroatoms. The van der Waals surface area contributed by atoms with Gasteiger partial charge in [-0.25, -0.2) is 0 Å². The van der Waals surface area contributed by atoms with Crippen LogP contribution in [0.15, 0.2) is 0 Å². The highest BCUT2D eigenvalue weighted by molar-refractivity contribution is 5.47. The van der Waals surface area contributed by atoms with E-state index in [0.29, 0.717) is 0 Å². The van der Waals surface area contributed by atoms with E-state index in [0.717, 1.165) is 45.4 Å². The van der Waals surface area contributed by atoms with Crippen molar-refractivity contribution in [3.63, 3.8) is 0 Å². The van der Waals surface area contributed by atoms with Crippen LogP contribution in [0.3, 0.4) is 0 Å². The minimum atomic E-state index is 0.0359. The summed E-state index contributed by atoms with van der Waals surface area (Å²) >= 11 is 0. The Kier molecular flexibility index (Phi) is 4.41. The van der Waals surface area contributed by atoms with Gasteiger partial charge in [-0.05, 0) is 6.42 Å². The third kappa shape index (κ3) is 2.71. The summed E-state index contributed by atoms with van der Waals surface area (Å²) in [7, 11) is 0. The number of nitrogens with zero attached hydrogens (tertiary/aromatic N) is 3.